The number of rotatable bonds is 6. The zero-order valence-corrected chi connectivity index (χ0v) is 18.2. The van der Waals surface area contributed by atoms with E-state index in [0.29, 0.717) is 16.8 Å². The molecule has 8 heteroatoms. The highest BCUT2D eigenvalue weighted by molar-refractivity contribution is 6.32. The number of hydrogen-bond acceptors (Lipinski definition) is 4. The van der Waals surface area contributed by atoms with Gasteiger partial charge in [-0.25, -0.2) is 9.18 Å². The van der Waals surface area contributed by atoms with Crippen molar-refractivity contribution >= 4 is 36.3 Å². The highest BCUT2D eigenvalue weighted by atomic mass is 35.5. The number of nitrogens with zero attached hydrogens (tertiary/aromatic N) is 4. The summed E-state index contributed by atoms with van der Waals surface area (Å²) in [7, 11) is 3.86. The van der Waals surface area contributed by atoms with Crippen LogP contribution in [0.2, 0.25) is 5.02 Å². The fourth-order valence-corrected chi connectivity index (χ4v) is 3.62. The van der Waals surface area contributed by atoms with E-state index in [-0.39, 0.29) is 17.1 Å². The molecule has 1 fully saturated rings. The molecule has 1 unspecified atom stereocenters. The van der Waals surface area contributed by atoms with Gasteiger partial charge in [0.1, 0.15) is 5.82 Å². The SMILES string of the molecule is C=N/C(=C\N=CC)c1ccc(C(C)NC(=O)N(C)C2CCN(C)CC2)c(F)c1Cl. The van der Waals surface area contributed by atoms with Crippen LogP contribution in [0.25, 0.3) is 5.70 Å². The second kappa shape index (κ2) is 10.5. The van der Waals surface area contributed by atoms with Crippen LogP contribution in [-0.2, 0) is 0 Å². The van der Waals surface area contributed by atoms with Gasteiger partial charge in [0.05, 0.1) is 23.0 Å². The zero-order chi connectivity index (χ0) is 21.6. The fourth-order valence-electron chi connectivity index (χ4n) is 3.35. The smallest absolute Gasteiger partial charge is 0.317 e. The number of aliphatic imine (C=N–C) groups is 2. The van der Waals surface area contributed by atoms with Gasteiger partial charge in [-0.2, -0.15) is 0 Å². The average Bonchev–Trinajstić information content (AvgIpc) is 2.71. The lowest BCUT2D eigenvalue weighted by atomic mass is 10.0. The predicted octanol–water partition coefficient (Wildman–Crippen LogP) is 4.37. The van der Waals surface area contributed by atoms with E-state index in [1.54, 1.807) is 44.1 Å². The number of carbonyl (C=O) groups excluding carboxylic acids is 1. The lowest BCUT2D eigenvalue weighted by molar-refractivity contribution is 0.146. The zero-order valence-electron chi connectivity index (χ0n) is 17.5. The van der Waals surface area contributed by atoms with Gasteiger partial charge in [-0.3, -0.25) is 9.98 Å². The van der Waals surface area contributed by atoms with Crippen molar-refractivity contribution in [2.45, 2.75) is 38.8 Å². The summed E-state index contributed by atoms with van der Waals surface area (Å²) in [5.74, 6) is -0.589. The molecule has 0 bridgehead atoms. The number of piperidine rings is 1. The summed E-state index contributed by atoms with van der Waals surface area (Å²) in [5, 5.41) is 2.80. The third-order valence-corrected chi connectivity index (χ3v) is 5.64. The van der Waals surface area contributed by atoms with Crippen LogP contribution in [-0.4, -0.2) is 62.0 Å². The van der Waals surface area contributed by atoms with Crippen LogP contribution >= 0.6 is 11.6 Å². The molecule has 1 N–H and O–H groups in total. The number of likely N-dealkylation sites (tertiary alicyclic amines) is 1. The quantitative estimate of drug-likeness (QED) is 0.693. The van der Waals surface area contributed by atoms with E-state index in [0.717, 1.165) is 25.9 Å². The Morgan fingerprint density at radius 3 is 2.69 bits per heavy atom. The van der Waals surface area contributed by atoms with Crippen LogP contribution < -0.4 is 5.32 Å². The highest BCUT2D eigenvalue weighted by Gasteiger charge is 2.26. The van der Waals surface area contributed by atoms with E-state index < -0.39 is 11.9 Å². The minimum Gasteiger partial charge on any atom is -0.331 e. The Morgan fingerprint density at radius 1 is 1.45 bits per heavy atom. The highest BCUT2D eigenvalue weighted by Crippen LogP contribution is 2.32. The first-order chi connectivity index (χ1) is 13.8. The van der Waals surface area contributed by atoms with Gasteiger partial charge in [-0.15, -0.1) is 0 Å². The van der Waals surface area contributed by atoms with Gasteiger partial charge in [0.2, 0.25) is 0 Å². The first kappa shape index (κ1) is 23.0. The Kier molecular flexibility index (Phi) is 8.34. The van der Waals surface area contributed by atoms with Gasteiger partial charge in [-0.1, -0.05) is 23.7 Å². The summed E-state index contributed by atoms with van der Waals surface area (Å²) in [6, 6.07) is 2.68. The molecule has 1 saturated heterocycles. The molecule has 1 heterocycles. The molecule has 0 spiro atoms. The number of amides is 2. The Bertz CT molecular complexity index is 803. The molecule has 0 radical (unpaired) electrons. The van der Waals surface area contributed by atoms with Crippen molar-refractivity contribution in [2.24, 2.45) is 9.98 Å². The predicted molar refractivity (Wildman–Crippen MR) is 118 cm³/mol. The molecule has 1 aliphatic rings. The summed E-state index contributed by atoms with van der Waals surface area (Å²) in [5.41, 5.74) is 1.08. The minimum atomic E-state index is -0.589. The van der Waals surface area contributed by atoms with E-state index in [1.165, 1.54) is 6.20 Å². The van der Waals surface area contributed by atoms with Crippen molar-refractivity contribution in [1.29, 1.82) is 0 Å². The third kappa shape index (κ3) is 5.64. The Morgan fingerprint density at radius 2 is 2.10 bits per heavy atom. The summed E-state index contributed by atoms with van der Waals surface area (Å²) < 4.78 is 15.0. The molecule has 1 aromatic rings. The lowest BCUT2D eigenvalue weighted by Crippen LogP contribution is -2.48. The van der Waals surface area contributed by atoms with Crippen LogP contribution in [0.5, 0.6) is 0 Å². The molecule has 0 saturated carbocycles. The first-order valence-electron chi connectivity index (χ1n) is 9.64. The van der Waals surface area contributed by atoms with Crippen molar-refractivity contribution in [3.8, 4) is 0 Å². The number of halogens is 2. The standard InChI is InChI=1S/C21H29ClFN5O/c1-6-25-13-18(24-3)17-8-7-16(20(23)19(17)22)14(2)26-21(29)28(5)15-9-11-27(4)12-10-15/h6-8,13-15H,3,9-12H2,1-2,4-5H3,(H,26,29)/b18-13-,25-6?. The molecule has 0 aromatic heterocycles. The second-order valence-corrected chi connectivity index (χ2v) is 7.60. The Hall–Kier alpha value is -2.25. The summed E-state index contributed by atoms with van der Waals surface area (Å²) in [6.45, 7) is 8.90. The molecule has 1 aromatic carbocycles. The van der Waals surface area contributed by atoms with E-state index in [1.807, 2.05) is 0 Å². The maximum absolute atomic E-state index is 15.0. The molecule has 2 rings (SSSR count). The number of carbonyl (C=O) groups is 1. The second-order valence-electron chi connectivity index (χ2n) is 7.23. The van der Waals surface area contributed by atoms with E-state index >= 15 is 0 Å². The molecule has 1 atom stereocenters. The number of benzene rings is 1. The molecular formula is C21H29ClFN5O. The largest absolute Gasteiger partial charge is 0.331 e. The minimum absolute atomic E-state index is 0.0720. The van der Waals surface area contributed by atoms with Crippen molar-refractivity contribution in [1.82, 2.24) is 15.1 Å². The molecule has 1 aliphatic heterocycles. The van der Waals surface area contributed by atoms with Gasteiger partial charge in [-0.05, 0) is 53.5 Å². The van der Waals surface area contributed by atoms with E-state index in [4.69, 9.17) is 11.6 Å². The number of nitrogens with one attached hydrogen (secondary N) is 1. The topological polar surface area (TPSA) is 60.3 Å². The van der Waals surface area contributed by atoms with Gasteiger partial charge in [0, 0.05) is 30.4 Å². The maximum atomic E-state index is 15.0. The molecular weight excluding hydrogens is 393 g/mol. The number of urea groups is 1. The molecule has 2 amide bonds. The Balaban J connectivity index is 2.14. The van der Waals surface area contributed by atoms with Crippen molar-refractivity contribution in [3.63, 3.8) is 0 Å². The van der Waals surface area contributed by atoms with Crippen LogP contribution in [0.1, 0.15) is 43.9 Å². The van der Waals surface area contributed by atoms with Crippen LogP contribution in [0, 0.1) is 5.82 Å². The summed E-state index contributed by atoms with van der Waals surface area (Å²) in [4.78, 5) is 24.5. The third-order valence-electron chi connectivity index (χ3n) is 5.27. The number of hydrogen-bond donors (Lipinski definition) is 1. The van der Waals surface area contributed by atoms with E-state index in [2.05, 4.69) is 34.0 Å². The summed E-state index contributed by atoms with van der Waals surface area (Å²) >= 11 is 6.25. The maximum Gasteiger partial charge on any atom is 0.317 e. The van der Waals surface area contributed by atoms with Gasteiger partial charge >= 0.3 is 6.03 Å². The molecule has 0 aliphatic carbocycles. The monoisotopic (exact) mass is 421 g/mol. The lowest BCUT2D eigenvalue weighted by Gasteiger charge is -2.35. The summed E-state index contributed by atoms with van der Waals surface area (Å²) in [6.07, 6.45) is 4.90. The van der Waals surface area contributed by atoms with Crippen LogP contribution in [0.3, 0.4) is 0 Å². The van der Waals surface area contributed by atoms with Crippen LogP contribution in [0.4, 0.5) is 9.18 Å². The first-order valence-corrected chi connectivity index (χ1v) is 10.0. The van der Waals surface area contributed by atoms with Gasteiger partial charge < -0.3 is 15.1 Å². The van der Waals surface area contributed by atoms with Crippen molar-refractivity contribution < 1.29 is 9.18 Å². The van der Waals surface area contributed by atoms with E-state index in [9.17, 15) is 9.18 Å². The average molecular weight is 422 g/mol. The van der Waals surface area contributed by atoms with Crippen LogP contribution in [0.15, 0.2) is 28.3 Å². The van der Waals surface area contributed by atoms with Gasteiger partial charge in [0.15, 0.2) is 0 Å². The van der Waals surface area contributed by atoms with Gasteiger partial charge in [0.25, 0.3) is 0 Å². The molecule has 6 nitrogen and oxygen atoms in total. The Labute approximate surface area is 177 Å². The molecule has 158 valence electrons. The fraction of sp³-hybridized carbons (Fsp3) is 0.476. The van der Waals surface area contributed by atoms with Crippen molar-refractivity contribution in [3.05, 3.63) is 40.3 Å². The van der Waals surface area contributed by atoms with Crippen molar-refractivity contribution in [2.75, 3.05) is 27.2 Å². The molecule has 29 heavy (non-hydrogen) atoms. The normalized spacial score (nSPS) is 17.4.